The van der Waals surface area contributed by atoms with E-state index in [1.165, 1.54) is 39.5 Å². The zero-order valence-corrected chi connectivity index (χ0v) is 28.2. The van der Waals surface area contributed by atoms with E-state index in [1.807, 2.05) is 6.92 Å². The Morgan fingerprint density at radius 2 is 1.87 bits per heavy atom. The van der Waals surface area contributed by atoms with Gasteiger partial charge in [0.15, 0.2) is 6.10 Å². The van der Waals surface area contributed by atoms with Crippen molar-refractivity contribution >= 4 is 37.4 Å². The fourth-order valence-corrected chi connectivity index (χ4v) is 5.46. The zero-order chi connectivity index (χ0) is 35.5. The monoisotopic (exact) mass is 683 g/mol. The molecule has 0 fully saturated rings. The van der Waals surface area contributed by atoms with E-state index in [0.717, 1.165) is 6.07 Å². The van der Waals surface area contributed by atoms with Crippen molar-refractivity contribution in [2.45, 2.75) is 71.4 Å². The van der Waals surface area contributed by atoms with Crippen LogP contribution in [0.1, 0.15) is 46.1 Å². The van der Waals surface area contributed by atoms with Crippen LogP contribution in [0.4, 0.5) is 16.2 Å². The van der Waals surface area contributed by atoms with Crippen LogP contribution < -0.4 is 11.1 Å². The first kappa shape index (κ1) is 39.6. The number of benzene rings is 1. The van der Waals surface area contributed by atoms with Gasteiger partial charge in [-0.1, -0.05) is 38.2 Å². The van der Waals surface area contributed by atoms with Crippen molar-refractivity contribution < 1.29 is 58.0 Å². The number of methoxy groups -OCH3 is 2. The molecule has 262 valence electrons. The van der Waals surface area contributed by atoms with Gasteiger partial charge in [-0.05, 0) is 38.2 Å². The Hall–Kier alpha value is -3.56. The van der Waals surface area contributed by atoms with Crippen LogP contribution >= 0.6 is 7.82 Å². The van der Waals surface area contributed by atoms with Gasteiger partial charge in [-0.2, -0.15) is 0 Å². The molecule has 0 saturated carbocycles. The normalized spacial score (nSPS) is 25.3. The van der Waals surface area contributed by atoms with E-state index in [0.29, 0.717) is 5.57 Å². The number of fused-ring (bicyclic) bond motifs is 2. The van der Waals surface area contributed by atoms with Gasteiger partial charge in [-0.25, -0.2) is 9.36 Å². The third-order valence-electron chi connectivity index (χ3n) is 7.53. The maximum atomic E-state index is 13.1. The number of phosphoric ester groups is 1. The van der Waals surface area contributed by atoms with Gasteiger partial charge in [-0.15, -0.1) is 0 Å². The highest BCUT2D eigenvalue weighted by Crippen LogP contribution is 2.44. The minimum absolute atomic E-state index is 0.0165. The molecule has 6 atom stereocenters. The summed E-state index contributed by atoms with van der Waals surface area (Å²) in [6.07, 6.45) is 3.47. The number of aliphatic hydroxyl groups excluding tert-OH is 1. The van der Waals surface area contributed by atoms with Crippen molar-refractivity contribution in [1.29, 1.82) is 0 Å². The average Bonchev–Trinajstić information content (AvgIpc) is 2.98. The summed E-state index contributed by atoms with van der Waals surface area (Å²) in [7, 11) is -1.81. The Labute approximate surface area is 274 Å². The van der Waals surface area contributed by atoms with E-state index >= 15 is 0 Å². The molecule has 0 aromatic heterocycles. The van der Waals surface area contributed by atoms with Crippen LogP contribution in [0.15, 0.2) is 46.5 Å². The molecule has 0 unspecified atom stereocenters. The fraction of sp³-hybridized carbons (Fsp3) is 0.516. The standard InChI is InChI=1S/C31H46N3O12P/c1-17-13-21-26(33-11-8-12-45-47(40,41)42)23(35)16-22(28(21)37)34-30(38)18(2)9-7-10-24(43-5)29(46-31(32)39)20(4)15-19(3)27(36)25(14-17)44-6/h7,9-11,15-17,19,24-25,27,29,35-37H,8,12-14H2,1-6H3,(H2,32,39)(H,34,38)(H2,40,41,42)/t17-,19+,24+,25+,27-,29+/m1/s1. The van der Waals surface area contributed by atoms with E-state index in [4.69, 9.17) is 29.7 Å². The number of anilines is 1. The molecule has 2 bridgehead atoms. The average molecular weight is 684 g/mol. The lowest BCUT2D eigenvalue weighted by Gasteiger charge is -2.29. The minimum atomic E-state index is -4.68. The number of hydrogen-bond donors (Lipinski definition) is 7. The number of nitrogens with zero attached hydrogens (tertiary/aromatic N) is 1. The Balaban J connectivity index is 2.64. The number of allylic oxidation sites excluding steroid dienone is 2. The summed E-state index contributed by atoms with van der Waals surface area (Å²) < 4.78 is 31.9. The molecule has 1 heterocycles. The number of aliphatic hydroxyl groups is 1. The Morgan fingerprint density at radius 3 is 2.47 bits per heavy atom. The molecule has 0 spiro atoms. The molecule has 0 aliphatic carbocycles. The van der Waals surface area contributed by atoms with Crippen LogP contribution in [0.2, 0.25) is 0 Å². The second-order valence-electron chi connectivity index (χ2n) is 11.4. The summed E-state index contributed by atoms with van der Waals surface area (Å²) in [5.41, 5.74) is 6.19. The van der Waals surface area contributed by atoms with Gasteiger partial charge >= 0.3 is 13.9 Å². The summed E-state index contributed by atoms with van der Waals surface area (Å²) in [6, 6.07) is 1.14. The number of ether oxygens (including phenoxy) is 3. The second kappa shape index (κ2) is 18.1. The number of phenolic OH excluding ortho intramolecular Hbond substituents is 2. The number of primary amides is 1. The topological polar surface area (TPSA) is 240 Å². The lowest BCUT2D eigenvalue weighted by molar-refractivity contribution is -0.112. The van der Waals surface area contributed by atoms with Crippen molar-refractivity contribution in [3.05, 3.63) is 47.1 Å². The fourth-order valence-electron chi connectivity index (χ4n) is 5.12. The van der Waals surface area contributed by atoms with Crippen molar-refractivity contribution in [2.75, 3.05) is 26.1 Å². The quantitative estimate of drug-likeness (QED) is 0.0518. The third kappa shape index (κ3) is 12.2. The van der Waals surface area contributed by atoms with Gasteiger partial charge in [0.2, 0.25) is 0 Å². The number of nitrogens with two attached hydrogens (primary N) is 1. The van der Waals surface area contributed by atoms with Crippen LogP contribution in [-0.2, 0) is 34.5 Å². The third-order valence-corrected chi connectivity index (χ3v) is 8.05. The number of phosphoric acid groups is 1. The molecule has 2 amide bonds. The highest BCUT2D eigenvalue weighted by Gasteiger charge is 2.30. The molecule has 47 heavy (non-hydrogen) atoms. The summed E-state index contributed by atoms with van der Waals surface area (Å²) in [4.78, 5) is 46.9. The lowest BCUT2D eigenvalue weighted by Crippen LogP contribution is -2.37. The van der Waals surface area contributed by atoms with Gasteiger partial charge in [0.05, 0.1) is 24.5 Å². The van der Waals surface area contributed by atoms with Crippen LogP contribution in [0, 0.1) is 11.8 Å². The molecular formula is C31H46N3O12P. The number of phenols is 2. The number of rotatable bonds is 8. The van der Waals surface area contributed by atoms with Gasteiger partial charge in [-0.3, -0.25) is 14.3 Å². The van der Waals surface area contributed by atoms with Gasteiger partial charge in [0.25, 0.3) is 5.91 Å². The first-order valence-corrected chi connectivity index (χ1v) is 16.4. The molecule has 16 heteroatoms. The van der Waals surface area contributed by atoms with Crippen molar-refractivity contribution in [1.82, 2.24) is 0 Å². The molecular weight excluding hydrogens is 637 g/mol. The van der Waals surface area contributed by atoms with Crippen molar-refractivity contribution in [3.8, 4) is 11.5 Å². The zero-order valence-electron chi connectivity index (χ0n) is 27.3. The highest BCUT2D eigenvalue weighted by molar-refractivity contribution is 7.46. The summed E-state index contributed by atoms with van der Waals surface area (Å²) in [5.74, 6) is -2.10. The number of carbonyl (C=O) groups excluding carboxylic acids is 2. The first-order chi connectivity index (χ1) is 22.0. The maximum absolute atomic E-state index is 13.1. The van der Waals surface area contributed by atoms with Crippen LogP contribution in [0.3, 0.4) is 0 Å². The second-order valence-corrected chi connectivity index (χ2v) is 12.6. The molecule has 1 aliphatic heterocycles. The molecule has 2 rings (SSSR count). The lowest BCUT2D eigenvalue weighted by atomic mass is 9.87. The predicted octanol–water partition coefficient (Wildman–Crippen LogP) is 3.76. The molecule has 0 saturated heterocycles. The van der Waals surface area contributed by atoms with Crippen LogP contribution in [-0.4, -0.2) is 88.6 Å². The van der Waals surface area contributed by atoms with Crippen LogP contribution in [0.25, 0.3) is 0 Å². The predicted molar refractivity (Wildman–Crippen MR) is 175 cm³/mol. The maximum Gasteiger partial charge on any atom is 0.469 e. The minimum Gasteiger partial charge on any atom is -0.506 e. The van der Waals surface area contributed by atoms with Gasteiger partial charge < -0.3 is 50.4 Å². The Bertz CT molecular complexity index is 1420. The molecule has 8 N–H and O–H groups in total. The number of hydrogen-bond acceptors (Lipinski definition) is 11. The van der Waals surface area contributed by atoms with Crippen molar-refractivity contribution in [3.63, 3.8) is 0 Å². The summed E-state index contributed by atoms with van der Waals surface area (Å²) >= 11 is 0. The Kier molecular flexibility index (Phi) is 15.3. The van der Waals surface area contributed by atoms with Gasteiger partial charge in [0, 0.05) is 50.0 Å². The summed E-state index contributed by atoms with van der Waals surface area (Å²) in [5, 5.41) is 36.1. The molecule has 1 aromatic rings. The number of amides is 2. The van der Waals surface area contributed by atoms with E-state index in [9.17, 15) is 29.5 Å². The number of carbonyl (C=O) groups is 2. The molecule has 15 nitrogen and oxygen atoms in total. The van der Waals surface area contributed by atoms with E-state index in [2.05, 4.69) is 14.8 Å². The molecule has 1 aliphatic rings. The number of nitrogens with one attached hydrogen (secondary N) is 1. The molecule has 0 radical (unpaired) electrons. The Morgan fingerprint density at radius 1 is 1.19 bits per heavy atom. The largest absolute Gasteiger partial charge is 0.506 e. The number of aromatic hydroxyl groups is 2. The number of aliphatic imine (C=N–C) groups is 1. The van der Waals surface area contributed by atoms with Gasteiger partial charge in [0.1, 0.15) is 23.3 Å². The highest BCUT2D eigenvalue weighted by atomic mass is 31.2. The van der Waals surface area contributed by atoms with E-state index in [1.54, 1.807) is 26.0 Å². The first-order valence-electron chi connectivity index (χ1n) is 14.8. The SMILES string of the molecule is CO[C@H]1C=CC=C(C)C(=O)Nc2cc(O)c(N=CCCOP(=O)(O)O)c(c2O)C[C@@H](C)C[C@H](OC)[C@H](O)[C@@H](C)C=C(C)[C@@H]1OC(N)=O. The van der Waals surface area contributed by atoms with E-state index < -0.39 is 50.2 Å². The van der Waals surface area contributed by atoms with Crippen LogP contribution in [0.5, 0.6) is 11.5 Å². The smallest absolute Gasteiger partial charge is 0.469 e. The molecule has 1 aromatic carbocycles. The van der Waals surface area contributed by atoms with E-state index in [-0.39, 0.29) is 65.8 Å². The van der Waals surface area contributed by atoms with Crippen molar-refractivity contribution in [2.24, 2.45) is 22.6 Å². The summed E-state index contributed by atoms with van der Waals surface area (Å²) in [6.45, 7) is 6.50.